The van der Waals surface area contributed by atoms with Crippen molar-refractivity contribution in [1.29, 1.82) is 0 Å². The summed E-state index contributed by atoms with van der Waals surface area (Å²) in [4.78, 5) is 12.2. The third-order valence-electron chi connectivity index (χ3n) is 3.49. The molecule has 23 heavy (non-hydrogen) atoms. The van der Waals surface area contributed by atoms with E-state index >= 15 is 0 Å². The first-order valence-corrected chi connectivity index (χ1v) is 7.31. The standard InChI is InChI=1S/C18H16FN3O/c19-16-8-3-1-6-14(16)12-18(23)21-17-9-4-2-7-15(17)13-22-11-5-10-20-22/h1-11H,12-13H2,(H,21,23). The normalized spacial score (nSPS) is 10.5. The maximum absolute atomic E-state index is 13.6. The van der Waals surface area contributed by atoms with Gasteiger partial charge in [0.1, 0.15) is 5.82 Å². The van der Waals surface area contributed by atoms with Gasteiger partial charge < -0.3 is 5.32 Å². The average Bonchev–Trinajstić information content (AvgIpc) is 3.05. The number of hydrogen-bond donors (Lipinski definition) is 1. The van der Waals surface area contributed by atoms with Crippen LogP contribution in [0, 0.1) is 5.82 Å². The third kappa shape index (κ3) is 3.83. The molecule has 0 radical (unpaired) electrons. The maximum atomic E-state index is 13.6. The first kappa shape index (κ1) is 15.0. The fourth-order valence-corrected chi connectivity index (χ4v) is 2.36. The number of amides is 1. The quantitative estimate of drug-likeness (QED) is 0.786. The fourth-order valence-electron chi connectivity index (χ4n) is 2.36. The molecular weight excluding hydrogens is 293 g/mol. The Hall–Kier alpha value is -2.95. The van der Waals surface area contributed by atoms with Gasteiger partial charge in [0.25, 0.3) is 0 Å². The molecule has 0 bridgehead atoms. The van der Waals surface area contributed by atoms with E-state index in [1.807, 2.05) is 36.5 Å². The minimum Gasteiger partial charge on any atom is -0.325 e. The average molecular weight is 309 g/mol. The van der Waals surface area contributed by atoms with Crippen molar-refractivity contribution in [1.82, 2.24) is 9.78 Å². The summed E-state index contributed by atoms with van der Waals surface area (Å²) in [6.07, 6.45) is 3.57. The SMILES string of the molecule is O=C(Cc1ccccc1F)Nc1ccccc1Cn1cccn1. The highest BCUT2D eigenvalue weighted by atomic mass is 19.1. The Morgan fingerprint density at radius 3 is 2.52 bits per heavy atom. The van der Waals surface area contributed by atoms with Crippen LogP contribution in [0.5, 0.6) is 0 Å². The van der Waals surface area contributed by atoms with E-state index in [-0.39, 0.29) is 18.1 Å². The highest BCUT2D eigenvalue weighted by Gasteiger charge is 2.10. The van der Waals surface area contributed by atoms with Gasteiger partial charge in [0.2, 0.25) is 5.91 Å². The largest absolute Gasteiger partial charge is 0.325 e. The second kappa shape index (κ2) is 6.87. The second-order valence-corrected chi connectivity index (χ2v) is 5.18. The fraction of sp³-hybridized carbons (Fsp3) is 0.111. The van der Waals surface area contributed by atoms with Gasteiger partial charge in [-0.25, -0.2) is 4.39 Å². The molecule has 1 aromatic heterocycles. The van der Waals surface area contributed by atoms with Crippen LogP contribution in [0.25, 0.3) is 0 Å². The van der Waals surface area contributed by atoms with E-state index in [2.05, 4.69) is 10.4 Å². The lowest BCUT2D eigenvalue weighted by Gasteiger charge is -2.11. The monoisotopic (exact) mass is 309 g/mol. The first-order chi connectivity index (χ1) is 11.2. The van der Waals surface area contributed by atoms with E-state index in [9.17, 15) is 9.18 Å². The van der Waals surface area contributed by atoms with E-state index in [1.165, 1.54) is 6.07 Å². The van der Waals surface area contributed by atoms with Crippen molar-refractivity contribution in [2.24, 2.45) is 0 Å². The Labute approximate surface area is 133 Å². The van der Waals surface area contributed by atoms with E-state index < -0.39 is 0 Å². The lowest BCUT2D eigenvalue weighted by molar-refractivity contribution is -0.115. The predicted molar refractivity (Wildman–Crippen MR) is 86.5 cm³/mol. The number of nitrogens with one attached hydrogen (secondary N) is 1. The van der Waals surface area contributed by atoms with Crippen LogP contribution in [0.1, 0.15) is 11.1 Å². The number of carbonyl (C=O) groups excluding carboxylic acids is 1. The predicted octanol–water partition coefficient (Wildman–Crippen LogP) is 3.25. The van der Waals surface area contributed by atoms with E-state index in [0.717, 1.165) is 5.56 Å². The van der Waals surface area contributed by atoms with Gasteiger partial charge in [-0.3, -0.25) is 9.48 Å². The third-order valence-corrected chi connectivity index (χ3v) is 3.49. The number of halogens is 1. The van der Waals surface area contributed by atoms with Gasteiger partial charge in [0.05, 0.1) is 13.0 Å². The molecule has 0 aliphatic carbocycles. The first-order valence-electron chi connectivity index (χ1n) is 7.31. The number of para-hydroxylation sites is 1. The molecule has 1 heterocycles. The molecule has 3 aromatic rings. The number of nitrogens with zero attached hydrogens (tertiary/aromatic N) is 2. The van der Waals surface area contributed by atoms with Crippen LogP contribution in [0.4, 0.5) is 10.1 Å². The molecule has 1 amide bonds. The minimum atomic E-state index is -0.368. The molecule has 0 fully saturated rings. The molecule has 0 aliphatic rings. The van der Waals surface area contributed by atoms with Gasteiger partial charge >= 0.3 is 0 Å². The van der Waals surface area contributed by atoms with Crippen molar-refractivity contribution in [3.05, 3.63) is 83.9 Å². The van der Waals surface area contributed by atoms with Gasteiger partial charge in [0.15, 0.2) is 0 Å². The molecule has 0 atom stereocenters. The molecule has 0 saturated carbocycles. The van der Waals surface area contributed by atoms with Gasteiger partial charge in [-0.05, 0) is 29.3 Å². The van der Waals surface area contributed by atoms with Crippen LogP contribution in [0.3, 0.4) is 0 Å². The number of anilines is 1. The smallest absolute Gasteiger partial charge is 0.228 e. The Morgan fingerprint density at radius 1 is 1.04 bits per heavy atom. The second-order valence-electron chi connectivity index (χ2n) is 5.18. The van der Waals surface area contributed by atoms with Crippen LogP contribution in [-0.4, -0.2) is 15.7 Å². The summed E-state index contributed by atoms with van der Waals surface area (Å²) in [6.45, 7) is 0.559. The highest BCUT2D eigenvalue weighted by molar-refractivity contribution is 5.93. The molecule has 5 heteroatoms. The summed E-state index contributed by atoms with van der Waals surface area (Å²) in [7, 11) is 0. The minimum absolute atomic E-state index is 0.00276. The topological polar surface area (TPSA) is 46.9 Å². The zero-order chi connectivity index (χ0) is 16.1. The molecule has 4 nitrogen and oxygen atoms in total. The maximum Gasteiger partial charge on any atom is 0.228 e. The molecule has 0 aliphatic heterocycles. The molecule has 0 spiro atoms. The van der Waals surface area contributed by atoms with Crippen molar-refractivity contribution < 1.29 is 9.18 Å². The molecule has 2 aromatic carbocycles. The van der Waals surface area contributed by atoms with E-state index in [4.69, 9.17) is 0 Å². The molecular formula is C18H16FN3O. The van der Waals surface area contributed by atoms with E-state index in [1.54, 1.807) is 29.1 Å². The van der Waals surface area contributed by atoms with Crippen LogP contribution >= 0.6 is 0 Å². The Bertz CT molecular complexity index is 800. The summed E-state index contributed by atoms with van der Waals surface area (Å²) in [5.41, 5.74) is 2.04. The Morgan fingerprint density at radius 2 is 1.78 bits per heavy atom. The molecule has 0 saturated heterocycles. The zero-order valence-electron chi connectivity index (χ0n) is 12.4. The van der Waals surface area contributed by atoms with Gasteiger partial charge in [-0.1, -0.05) is 36.4 Å². The number of hydrogen-bond acceptors (Lipinski definition) is 2. The van der Waals surface area contributed by atoms with Crippen LogP contribution in [0.15, 0.2) is 67.0 Å². The van der Waals surface area contributed by atoms with Crippen LogP contribution < -0.4 is 5.32 Å². The van der Waals surface area contributed by atoms with E-state index in [0.29, 0.717) is 17.8 Å². The van der Waals surface area contributed by atoms with Crippen molar-refractivity contribution in [2.45, 2.75) is 13.0 Å². The number of benzene rings is 2. The van der Waals surface area contributed by atoms with Crippen molar-refractivity contribution in [3.8, 4) is 0 Å². The molecule has 1 N–H and O–H groups in total. The molecule has 0 unspecified atom stereocenters. The molecule has 116 valence electrons. The highest BCUT2D eigenvalue weighted by Crippen LogP contribution is 2.17. The molecule has 3 rings (SSSR count). The zero-order valence-corrected chi connectivity index (χ0v) is 12.4. The summed E-state index contributed by atoms with van der Waals surface area (Å²) < 4.78 is 15.4. The Kier molecular flexibility index (Phi) is 4.47. The number of carbonyl (C=O) groups is 1. The van der Waals surface area contributed by atoms with Crippen molar-refractivity contribution >= 4 is 11.6 Å². The lowest BCUT2D eigenvalue weighted by atomic mass is 10.1. The lowest BCUT2D eigenvalue weighted by Crippen LogP contribution is -2.17. The number of aromatic nitrogens is 2. The number of rotatable bonds is 5. The van der Waals surface area contributed by atoms with Gasteiger partial charge in [0, 0.05) is 18.1 Å². The summed E-state index contributed by atoms with van der Waals surface area (Å²) in [5, 5.41) is 7.02. The summed E-state index contributed by atoms with van der Waals surface area (Å²) in [5.74, 6) is -0.615. The van der Waals surface area contributed by atoms with Gasteiger partial charge in [-0.2, -0.15) is 5.10 Å². The van der Waals surface area contributed by atoms with Crippen LogP contribution in [-0.2, 0) is 17.8 Å². The van der Waals surface area contributed by atoms with Crippen molar-refractivity contribution in [3.63, 3.8) is 0 Å². The summed E-state index contributed by atoms with van der Waals surface area (Å²) in [6, 6.07) is 15.7. The summed E-state index contributed by atoms with van der Waals surface area (Å²) >= 11 is 0. The van der Waals surface area contributed by atoms with Gasteiger partial charge in [-0.15, -0.1) is 0 Å². The van der Waals surface area contributed by atoms with Crippen LogP contribution in [0.2, 0.25) is 0 Å². The van der Waals surface area contributed by atoms with Crippen molar-refractivity contribution in [2.75, 3.05) is 5.32 Å². The Balaban J connectivity index is 1.72.